The van der Waals surface area contributed by atoms with Crippen molar-refractivity contribution in [3.05, 3.63) is 59.7 Å². The molecule has 3 heterocycles. The molecule has 140 valence electrons. The van der Waals surface area contributed by atoms with Gasteiger partial charge in [-0.05, 0) is 48.2 Å². The van der Waals surface area contributed by atoms with E-state index in [4.69, 9.17) is 13.9 Å². The smallest absolute Gasteiger partial charge is 0.161 e. The Morgan fingerprint density at radius 2 is 2.04 bits per heavy atom. The molecule has 1 aromatic carbocycles. The van der Waals surface area contributed by atoms with Crippen molar-refractivity contribution >= 4 is 11.5 Å². The third-order valence-corrected chi connectivity index (χ3v) is 5.03. The van der Waals surface area contributed by atoms with Gasteiger partial charge in [-0.2, -0.15) is 0 Å². The Labute approximate surface area is 158 Å². The van der Waals surface area contributed by atoms with Crippen LogP contribution in [0, 0.1) is 5.92 Å². The van der Waals surface area contributed by atoms with Crippen LogP contribution in [0.2, 0.25) is 0 Å². The summed E-state index contributed by atoms with van der Waals surface area (Å²) >= 11 is 0. The number of Topliss-reactive ketones (excluding diaryl/α,β-unsaturated/α-hetero) is 1. The van der Waals surface area contributed by atoms with Gasteiger partial charge >= 0.3 is 0 Å². The lowest BCUT2D eigenvalue weighted by molar-refractivity contribution is -0.118. The summed E-state index contributed by atoms with van der Waals surface area (Å²) in [4.78, 5) is 17.0. The zero-order valence-corrected chi connectivity index (χ0v) is 15.4. The Hall–Kier alpha value is -2.82. The van der Waals surface area contributed by atoms with Crippen LogP contribution in [0.15, 0.2) is 57.8 Å². The molecule has 5 heteroatoms. The quantitative estimate of drug-likeness (QED) is 0.732. The lowest BCUT2D eigenvalue weighted by Crippen LogP contribution is -2.16. The van der Waals surface area contributed by atoms with Gasteiger partial charge < -0.3 is 13.9 Å². The van der Waals surface area contributed by atoms with E-state index in [0.29, 0.717) is 26.1 Å². The summed E-state index contributed by atoms with van der Waals surface area (Å²) in [5.74, 6) is 2.75. The molecule has 4 rings (SSSR count). The second-order valence-corrected chi connectivity index (χ2v) is 6.85. The second-order valence-electron chi connectivity index (χ2n) is 6.85. The van der Waals surface area contributed by atoms with E-state index in [-0.39, 0.29) is 11.7 Å². The van der Waals surface area contributed by atoms with Crippen molar-refractivity contribution in [1.82, 2.24) is 0 Å². The summed E-state index contributed by atoms with van der Waals surface area (Å²) in [5.41, 5.74) is 3.14. The molecule has 0 spiro atoms. The number of fused-ring (bicyclic) bond motifs is 1. The highest BCUT2D eigenvalue weighted by molar-refractivity contribution is 6.03. The summed E-state index contributed by atoms with van der Waals surface area (Å²) in [6.07, 6.45) is 6.17. The fourth-order valence-corrected chi connectivity index (χ4v) is 3.66. The lowest BCUT2D eigenvalue weighted by Gasteiger charge is -2.18. The Bertz CT molecular complexity index is 880. The lowest BCUT2D eigenvalue weighted by atomic mass is 9.89. The molecule has 2 aromatic rings. The van der Waals surface area contributed by atoms with E-state index in [1.54, 1.807) is 6.26 Å². The maximum absolute atomic E-state index is 12.5. The van der Waals surface area contributed by atoms with Crippen molar-refractivity contribution in [1.29, 1.82) is 0 Å². The van der Waals surface area contributed by atoms with E-state index in [1.807, 2.05) is 36.5 Å². The molecule has 0 fully saturated rings. The van der Waals surface area contributed by atoms with E-state index in [9.17, 15) is 4.79 Å². The van der Waals surface area contributed by atoms with Gasteiger partial charge in [0.2, 0.25) is 0 Å². The zero-order chi connectivity index (χ0) is 18.6. The second kappa shape index (κ2) is 7.82. The first-order valence-corrected chi connectivity index (χ1v) is 9.45. The SMILES string of the molecule is CCC1C(CCC(=O)Cc2ccc3c(c2)OCCO3)=CN=C1c1ccco1. The van der Waals surface area contributed by atoms with Crippen LogP contribution >= 0.6 is 0 Å². The molecule has 0 bridgehead atoms. The number of carbonyl (C=O) groups is 1. The van der Waals surface area contributed by atoms with Crippen LogP contribution in [-0.4, -0.2) is 24.7 Å². The summed E-state index contributed by atoms with van der Waals surface area (Å²) in [6.45, 7) is 3.26. The minimum absolute atomic E-state index is 0.217. The van der Waals surface area contributed by atoms with Gasteiger partial charge in [-0.1, -0.05) is 13.0 Å². The number of hydrogen-bond donors (Lipinski definition) is 0. The largest absolute Gasteiger partial charge is 0.486 e. The predicted molar refractivity (Wildman–Crippen MR) is 102 cm³/mol. The first kappa shape index (κ1) is 17.6. The number of nitrogens with zero attached hydrogens (tertiary/aromatic N) is 1. The molecule has 27 heavy (non-hydrogen) atoms. The summed E-state index contributed by atoms with van der Waals surface area (Å²) < 4.78 is 16.6. The molecule has 0 saturated heterocycles. The van der Waals surface area contributed by atoms with Gasteiger partial charge in [-0.15, -0.1) is 0 Å². The number of benzene rings is 1. The number of ketones is 1. The molecular weight excluding hydrogens is 342 g/mol. The minimum Gasteiger partial charge on any atom is -0.486 e. The average Bonchev–Trinajstić information content (AvgIpc) is 3.35. The summed E-state index contributed by atoms with van der Waals surface area (Å²) in [6, 6.07) is 9.54. The van der Waals surface area contributed by atoms with E-state index < -0.39 is 0 Å². The van der Waals surface area contributed by atoms with Crippen LogP contribution < -0.4 is 9.47 Å². The molecule has 1 atom stereocenters. The van der Waals surface area contributed by atoms with Crippen molar-refractivity contribution in [3.8, 4) is 11.5 Å². The minimum atomic E-state index is 0.217. The van der Waals surface area contributed by atoms with Crippen molar-refractivity contribution in [2.75, 3.05) is 13.2 Å². The molecule has 1 aromatic heterocycles. The van der Waals surface area contributed by atoms with Crippen LogP contribution in [0.1, 0.15) is 37.5 Å². The number of rotatable bonds is 7. The van der Waals surface area contributed by atoms with E-state index in [2.05, 4.69) is 11.9 Å². The highest BCUT2D eigenvalue weighted by Gasteiger charge is 2.26. The number of furan rings is 1. The van der Waals surface area contributed by atoms with Crippen molar-refractivity contribution < 1.29 is 18.7 Å². The van der Waals surface area contributed by atoms with Gasteiger partial charge in [0.05, 0.1) is 12.0 Å². The van der Waals surface area contributed by atoms with E-state index in [0.717, 1.165) is 41.4 Å². The third-order valence-electron chi connectivity index (χ3n) is 5.03. The van der Waals surface area contributed by atoms with Gasteiger partial charge in [-0.3, -0.25) is 9.79 Å². The number of ether oxygens (including phenoxy) is 2. The maximum atomic E-state index is 12.5. The van der Waals surface area contributed by atoms with Crippen LogP contribution in [0.3, 0.4) is 0 Å². The number of allylic oxidation sites excluding steroid dienone is 1. The Kier molecular flexibility index (Phi) is 5.10. The van der Waals surface area contributed by atoms with Crippen LogP contribution in [-0.2, 0) is 11.2 Å². The number of carbonyl (C=O) groups excluding carboxylic acids is 1. The number of aliphatic imine (C=N–C) groups is 1. The van der Waals surface area contributed by atoms with Crippen molar-refractivity contribution in [2.24, 2.45) is 10.9 Å². The van der Waals surface area contributed by atoms with Crippen LogP contribution in [0.4, 0.5) is 0 Å². The normalized spacial score (nSPS) is 18.2. The highest BCUT2D eigenvalue weighted by atomic mass is 16.6. The molecule has 5 nitrogen and oxygen atoms in total. The molecule has 1 unspecified atom stereocenters. The topological polar surface area (TPSA) is 61.0 Å². The first-order valence-electron chi connectivity index (χ1n) is 9.45. The Morgan fingerprint density at radius 3 is 2.81 bits per heavy atom. The molecule has 0 radical (unpaired) electrons. The van der Waals surface area contributed by atoms with Crippen molar-refractivity contribution in [2.45, 2.75) is 32.6 Å². The molecule has 2 aliphatic rings. The summed E-state index contributed by atoms with van der Waals surface area (Å²) in [7, 11) is 0. The Morgan fingerprint density at radius 1 is 1.19 bits per heavy atom. The van der Waals surface area contributed by atoms with E-state index in [1.165, 1.54) is 5.57 Å². The molecular formula is C22H23NO4. The molecule has 0 amide bonds. The molecule has 0 N–H and O–H groups in total. The van der Waals surface area contributed by atoms with Gasteiger partial charge in [0.1, 0.15) is 24.8 Å². The molecule has 2 aliphatic heterocycles. The van der Waals surface area contributed by atoms with Gasteiger partial charge in [0.15, 0.2) is 11.5 Å². The molecule has 0 aliphatic carbocycles. The maximum Gasteiger partial charge on any atom is 0.161 e. The van der Waals surface area contributed by atoms with E-state index >= 15 is 0 Å². The zero-order valence-electron chi connectivity index (χ0n) is 15.4. The van der Waals surface area contributed by atoms with Gasteiger partial charge in [0, 0.05) is 25.0 Å². The summed E-state index contributed by atoms with van der Waals surface area (Å²) in [5, 5.41) is 0. The predicted octanol–water partition coefficient (Wildman–Crippen LogP) is 4.36. The van der Waals surface area contributed by atoms with Crippen LogP contribution in [0.25, 0.3) is 0 Å². The van der Waals surface area contributed by atoms with Crippen LogP contribution in [0.5, 0.6) is 11.5 Å². The van der Waals surface area contributed by atoms with Gasteiger partial charge in [0.25, 0.3) is 0 Å². The first-order chi connectivity index (χ1) is 13.2. The fraction of sp³-hybridized carbons (Fsp3) is 0.364. The van der Waals surface area contributed by atoms with Gasteiger partial charge in [-0.25, -0.2) is 0 Å². The third kappa shape index (κ3) is 3.82. The molecule has 0 saturated carbocycles. The highest BCUT2D eigenvalue weighted by Crippen LogP contribution is 2.32. The average molecular weight is 365 g/mol. The fourth-order valence-electron chi connectivity index (χ4n) is 3.66. The van der Waals surface area contributed by atoms with Crippen molar-refractivity contribution in [3.63, 3.8) is 0 Å². The Balaban J connectivity index is 1.33. The monoisotopic (exact) mass is 365 g/mol. The number of hydrogen-bond acceptors (Lipinski definition) is 5. The standard InChI is InChI=1S/C22H23NO4/c1-2-18-16(14-23-22(18)20-4-3-9-25-20)6-7-17(24)12-15-5-8-19-21(13-15)27-11-10-26-19/h3-5,8-9,13-14,18H,2,6-7,10-12H2,1H3.